The first-order valence-electron chi connectivity index (χ1n) is 18.6. The van der Waals surface area contributed by atoms with Crippen LogP contribution in [-0.2, 0) is 8.85 Å². The van der Waals surface area contributed by atoms with Crippen LogP contribution in [0.25, 0.3) is 0 Å². The fourth-order valence-electron chi connectivity index (χ4n) is 8.99. The van der Waals surface area contributed by atoms with Gasteiger partial charge in [-0.15, -0.1) is 0 Å². The van der Waals surface area contributed by atoms with Crippen LogP contribution in [0, 0.1) is 23.2 Å². The van der Waals surface area contributed by atoms with Gasteiger partial charge in [0.15, 0.2) is 22.4 Å². The molecule has 1 unspecified atom stereocenters. The van der Waals surface area contributed by atoms with E-state index in [-0.39, 0.29) is 10.6 Å². The molecule has 6 heteroatoms. The van der Waals surface area contributed by atoms with Gasteiger partial charge in [0, 0.05) is 12.8 Å². The number of aliphatic hydroxyl groups excluding tert-OH is 1. The lowest BCUT2D eigenvalue weighted by Crippen LogP contribution is -2.57. The van der Waals surface area contributed by atoms with E-state index in [1.54, 1.807) is 5.57 Å². The molecule has 0 saturated heterocycles. The lowest BCUT2D eigenvalue weighted by atomic mass is 9.60. The number of aliphatic hydroxyl groups is 2. The summed E-state index contributed by atoms with van der Waals surface area (Å²) >= 11 is 0. The molecule has 2 N–H and O–H groups in total. The number of fused-ring (bicyclic) bond motifs is 1. The Labute approximate surface area is 280 Å². The van der Waals surface area contributed by atoms with Crippen LogP contribution in [0.5, 0.6) is 0 Å². The summed E-state index contributed by atoms with van der Waals surface area (Å²) < 4.78 is 13.4. The molecule has 0 spiro atoms. The second-order valence-electron chi connectivity index (χ2n) is 17.7. The minimum Gasteiger partial charge on any atom is -0.412 e. The number of hydrogen-bond acceptors (Lipinski definition) is 4. The van der Waals surface area contributed by atoms with Crippen molar-refractivity contribution in [2.45, 2.75) is 187 Å². The standard InChI is InChI=1S/C39H72O4Si2/c1-14-45(15-2,16-3)42-37(9,10)25-17-19-29(4)33-23-24-34-31(20-18-26-38(33,34)11)21-22-32-28-39(41,35(40)27-30(32)5)43-44(12,13)36(6,7)8/h21-22,29,33-35,40-41H,5,14-20,23-28H2,1-4,6-13H3/b31-21?,32-22-/t29-,33-,34?,35-,38-,39+/m1/s1. The van der Waals surface area contributed by atoms with Gasteiger partial charge in [0.1, 0.15) is 6.10 Å². The van der Waals surface area contributed by atoms with Crippen LogP contribution in [0.3, 0.4) is 0 Å². The third-order valence-electron chi connectivity index (χ3n) is 13.2. The summed E-state index contributed by atoms with van der Waals surface area (Å²) in [7, 11) is -3.89. The fourth-order valence-corrected chi connectivity index (χ4v) is 13.6. The van der Waals surface area contributed by atoms with Crippen LogP contribution in [-0.4, -0.2) is 44.3 Å². The van der Waals surface area contributed by atoms with E-state index in [9.17, 15) is 10.2 Å². The van der Waals surface area contributed by atoms with E-state index in [0.29, 0.717) is 24.2 Å². The monoisotopic (exact) mass is 660 g/mol. The lowest BCUT2D eigenvalue weighted by molar-refractivity contribution is -0.215. The molecule has 0 radical (unpaired) electrons. The number of hydrogen-bond donors (Lipinski definition) is 2. The van der Waals surface area contributed by atoms with Gasteiger partial charge in [-0.05, 0) is 123 Å². The highest BCUT2D eigenvalue weighted by Crippen LogP contribution is 2.60. The molecule has 0 aliphatic heterocycles. The predicted molar refractivity (Wildman–Crippen MR) is 197 cm³/mol. The van der Waals surface area contributed by atoms with Crippen molar-refractivity contribution >= 4 is 16.6 Å². The van der Waals surface area contributed by atoms with Gasteiger partial charge in [-0.3, -0.25) is 0 Å². The molecule has 0 heterocycles. The normalized spacial score (nSPS) is 32.8. The summed E-state index contributed by atoms with van der Waals surface area (Å²) in [5, 5.41) is 22.5. The summed E-state index contributed by atoms with van der Waals surface area (Å²) in [5.41, 5.74) is 3.85. The summed E-state index contributed by atoms with van der Waals surface area (Å²) in [5.74, 6) is 0.559. The van der Waals surface area contributed by atoms with Crippen molar-refractivity contribution in [2.24, 2.45) is 23.2 Å². The van der Waals surface area contributed by atoms with E-state index in [0.717, 1.165) is 35.8 Å². The Kier molecular flexibility index (Phi) is 12.6. The van der Waals surface area contributed by atoms with Gasteiger partial charge in [0.25, 0.3) is 0 Å². The topological polar surface area (TPSA) is 58.9 Å². The van der Waals surface area contributed by atoms with Crippen molar-refractivity contribution in [3.8, 4) is 0 Å². The minimum absolute atomic E-state index is 0.0224. The number of rotatable bonds is 13. The summed E-state index contributed by atoms with van der Waals surface area (Å²) in [6.45, 7) is 31.9. The van der Waals surface area contributed by atoms with Crippen molar-refractivity contribution in [3.63, 3.8) is 0 Å². The van der Waals surface area contributed by atoms with E-state index in [1.807, 2.05) is 0 Å². The summed E-state index contributed by atoms with van der Waals surface area (Å²) in [6.07, 6.45) is 14.3. The molecule has 0 bridgehead atoms. The van der Waals surface area contributed by atoms with Gasteiger partial charge in [0.2, 0.25) is 0 Å². The van der Waals surface area contributed by atoms with Crippen LogP contribution in [0.15, 0.2) is 35.5 Å². The molecule has 3 rings (SSSR count). The zero-order valence-electron chi connectivity index (χ0n) is 31.6. The van der Waals surface area contributed by atoms with Crippen LogP contribution in [0.2, 0.25) is 36.3 Å². The summed E-state index contributed by atoms with van der Waals surface area (Å²) in [4.78, 5) is 0. The van der Waals surface area contributed by atoms with Gasteiger partial charge >= 0.3 is 0 Å². The molecule has 6 atom stereocenters. The van der Waals surface area contributed by atoms with Gasteiger partial charge in [-0.2, -0.15) is 0 Å². The van der Waals surface area contributed by atoms with Crippen LogP contribution < -0.4 is 0 Å². The van der Waals surface area contributed by atoms with Gasteiger partial charge in [0.05, 0.1) is 5.60 Å². The summed E-state index contributed by atoms with van der Waals surface area (Å²) in [6, 6.07) is 3.65. The van der Waals surface area contributed by atoms with Crippen molar-refractivity contribution in [3.05, 3.63) is 35.5 Å². The second kappa shape index (κ2) is 14.5. The Morgan fingerprint density at radius 3 is 2.24 bits per heavy atom. The SMILES string of the molecule is C=C1C[C@@H](O)[C@@](O)(O[Si](C)(C)C(C)(C)C)C/C1=C/C=C1CCC[C@@]2(C)C1CC[C@@H]2[C@H](C)CCCC(C)(C)O[Si](CC)(CC)CC. The van der Waals surface area contributed by atoms with Crippen LogP contribution in [0.1, 0.15) is 133 Å². The largest absolute Gasteiger partial charge is 0.412 e. The smallest absolute Gasteiger partial charge is 0.195 e. The molecule has 260 valence electrons. The average Bonchev–Trinajstić information content (AvgIpc) is 3.30. The molecule has 4 nitrogen and oxygen atoms in total. The Morgan fingerprint density at radius 1 is 1.04 bits per heavy atom. The van der Waals surface area contributed by atoms with Gasteiger partial charge in [-0.25, -0.2) is 0 Å². The molecule has 3 aliphatic carbocycles. The molecule has 45 heavy (non-hydrogen) atoms. The quantitative estimate of drug-likeness (QED) is 0.152. The zero-order valence-corrected chi connectivity index (χ0v) is 33.6. The maximum atomic E-state index is 11.6. The molecular formula is C39H72O4Si2. The van der Waals surface area contributed by atoms with E-state index in [2.05, 4.69) is 101 Å². The highest BCUT2D eigenvalue weighted by Gasteiger charge is 2.52. The van der Waals surface area contributed by atoms with E-state index in [4.69, 9.17) is 8.85 Å². The van der Waals surface area contributed by atoms with Gasteiger partial charge in [-0.1, -0.05) is 92.5 Å². The second-order valence-corrected chi connectivity index (χ2v) is 27.1. The molecule has 0 amide bonds. The minimum atomic E-state index is -2.28. The molecule has 3 aliphatic rings. The van der Waals surface area contributed by atoms with Crippen molar-refractivity contribution < 1.29 is 19.1 Å². The molecule has 0 aromatic rings. The van der Waals surface area contributed by atoms with Crippen molar-refractivity contribution in [2.75, 3.05) is 0 Å². The molecule has 0 aromatic heterocycles. The Morgan fingerprint density at radius 2 is 1.67 bits per heavy atom. The fraction of sp³-hybridized carbons (Fsp3) is 0.846. The highest BCUT2D eigenvalue weighted by molar-refractivity contribution is 6.74. The van der Waals surface area contributed by atoms with Crippen molar-refractivity contribution in [1.29, 1.82) is 0 Å². The molecular weight excluding hydrogens is 589 g/mol. The first kappa shape index (κ1) is 38.9. The Bertz CT molecular complexity index is 1070. The first-order chi connectivity index (χ1) is 20.7. The maximum absolute atomic E-state index is 11.6. The van der Waals surface area contributed by atoms with E-state index >= 15 is 0 Å². The van der Waals surface area contributed by atoms with Crippen molar-refractivity contribution in [1.82, 2.24) is 0 Å². The molecule has 3 saturated carbocycles. The predicted octanol–water partition coefficient (Wildman–Crippen LogP) is 11.1. The maximum Gasteiger partial charge on any atom is 0.195 e. The number of allylic oxidation sites excluding steroid dienone is 3. The Balaban J connectivity index is 1.70. The Hall–Kier alpha value is -0.506. The average molecular weight is 661 g/mol. The van der Waals surface area contributed by atoms with E-state index < -0.39 is 28.5 Å². The van der Waals surface area contributed by atoms with Crippen LogP contribution in [0.4, 0.5) is 0 Å². The third kappa shape index (κ3) is 8.75. The van der Waals surface area contributed by atoms with E-state index in [1.165, 1.54) is 56.7 Å². The first-order valence-corrected chi connectivity index (χ1v) is 24.0. The van der Waals surface area contributed by atoms with Gasteiger partial charge < -0.3 is 19.1 Å². The highest BCUT2D eigenvalue weighted by atomic mass is 28.4. The third-order valence-corrected chi connectivity index (χ3v) is 22.5. The zero-order chi connectivity index (χ0) is 34.1. The lowest BCUT2D eigenvalue weighted by Gasteiger charge is -2.47. The molecule has 0 aromatic carbocycles. The van der Waals surface area contributed by atoms with Crippen LogP contribution >= 0.6 is 0 Å². The molecule has 3 fully saturated rings.